The van der Waals surface area contributed by atoms with Crippen molar-refractivity contribution < 1.29 is 14.6 Å². The van der Waals surface area contributed by atoms with Gasteiger partial charge in [-0.15, -0.1) is 0 Å². The van der Waals surface area contributed by atoms with Crippen molar-refractivity contribution in [3.63, 3.8) is 0 Å². The number of aromatic carboxylic acids is 1. The summed E-state index contributed by atoms with van der Waals surface area (Å²) in [5.41, 5.74) is 0.938. The molecule has 0 fully saturated rings. The molecule has 2 aromatic carbocycles. The number of rotatable bonds is 3. The molecule has 0 saturated carbocycles. The molecule has 0 unspecified atom stereocenters. The van der Waals surface area contributed by atoms with Crippen LogP contribution in [-0.2, 0) is 0 Å². The van der Waals surface area contributed by atoms with Gasteiger partial charge in [-0.2, -0.15) is 0 Å². The van der Waals surface area contributed by atoms with E-state index >= 15 is 0 Å². The third kappa shape index (κ3) is 3.00. The first kappa shape index (κ1) is 13.7. The second kappa shape index (κ2) is 5.51. The van der Waals surface area contributed by atoms with Crippen LogP contribution in [0.25, 0.3) is 0 Å². The summed E-state index contributed by atoms with van der Waals surface area (Å²) in [4.78, 5) is 11.1. The molecular formula is C14H10Cl2O3. The summed E-state index contributed by atoms with van der Waals surface area (Å²) in [6.07, 6.45) is 0. The standard InChI is InChI=1S/C14H10Cl2O3/c1-8-5-6-10(15)12(7-8)19-13-9(14(17)18)3-2-4-11(13)16/h2-7H,1H3,(H,17,18). The maximum absolute atomic E-state index is 11.1. The maximum Gasteiger partial charge on any atom is 0.339 e. The highest BCUT2D eigenvalue weighted by atomic mass is 35.5. The van der Waals surface area contributed by atoms with Gasteiger partial charge in [-0.25, -0.2) is 4.79 Å². The second-order valence-corrected chi connectivity index (χ2v) is 4.77. The fourth-order valence-corrected chi connectivity index (χ4v) is 1.95. The fraction of sp³-hybridized carbons (Fsp3) is 0.0714. The molecule has 2 rings (SSSR count). The number of ether oxygens (including phenoxy) is 1. The van der Waals surface area contributed by atoms with Gasteiger partial charge in [0.2, 0.25) is 0 Å². The van der Waals surface area contributed by atoms with E-state index in [1.807, 2.05) is 13.0 Å². The Morgan fingerprint density at radius 3 is 2.58 bits per heavy atom. The predicted octanol–water partition coefficient (Wildman–Crippen LogP) is 4.79. The topological polar surface area (TPSA) is 46.5 Å². The van der Waals surface area contributed by atoms with Gasteiger partial charge >= 0.3 is 5.97 Å². The molecule has 2 aromatic rings. The molecule has 0 amide bonds. The third-order valence-corrected chi connectivity index (χ3v) is 3.11. The third-order valence-electron chi connectivity index (χ3n) is 2.50. The summed E-state index contributed by atoms with van der Waals surface area (Å²) in [6, 6.07) is 9.78. The van der Waals surface area contributed by atoms with Gasteiger partial charge in [0.1, 0.15) is 11.3 Å². The zero-order chi connectivity index (χ0) is 14.0. The van der Waals surface area contributed by atoms with E-state index in [-0.39, 0.29) is 16.3 Å². The SMILES string of the molecule is Cc1ccc(Cl)c(Oc2c(Cl)cccc2C(=O)O)c1. The molecule has 0 heterocycles. The minimum atomic E-state index is -1.11. The molecule has 19 heavy (non-hydrogen) atoms. The summed E-state index contributed by atoms with van der Waals surface area (Å²) in [5, 5.41) is 9.73. The lowest BCUT2D eigenvalue weighted by molar-refractivity contribution is 0.0694. The average Bonchev–Trinajstić information content (AvgIpc) is 2.35. The molecular weight excluding hydrogens is 287 g/mol. The van der Waals surface area contributed by atoms with Crippen molar-refractivity contribution in [3.8, 4) is 11.5 Å². The molecule has 5 heteroatoms. The van der Waals surface area contributed by atoms with Gasteiger partial charge in [-0.05, 0) is 36.8 Å². The predicted molar refractivity (Wildman–Crippen MR) is 74.7 cm³/mol. The maximum atomic E-state index is 11.1. The average molecular weight is 297 g/mol. The van der Waals surface area contributed by atoms with Crippen LogP contribution in [0.4, 0.5) is 0 Å². The molecule has 0 spiro atoms. The highest BCUT2D eigenvalue weighted by Crippen LogP contribution is 2.36. The zero-order valence-electron chi connectivity index (χ0n) is 9.98. The van der Waals surface area contributed by atoms with Gasteiger partial charge in [0.15, 0.2) is 5.75 Å². The van der Waals surface area contributed by atoms with Gasteiger partial charge in [0.05, 0.1) is 10.0 Å². The zero-order valence-corrected chi connectivity index (χ0v) is 11.5. The van der Waals surface area contributed by atoms with Crippen LogP contribution in [0.3, 0.4) is 0 Å². The molecule has 0 radical (unpaired) electrons. The number of halogens is 2. The van der Waals surface area contributed by atoms with Crippen LogP contribution < -0.4 is 4.74 Å². The Morgan fingerprint density at radius 2 is 1.89 bits per heavy atom. The molecule has 0 aliphatic carbocycles. The lowest BCUT2D eigenvalue weighted by atomic mass is 10.2. The normalized spacial score (nSPS) is 10.3. The molecule has 0 aliphatic heterocycles. The number of carboxylic acid groups (broad SMARTS) is 1. The number of carbonyl (C=O) groups is 1. The Balaban J connectivity index is 2.49. The summed E-state index contributed by atoms with van der Waals surface area (Å²) >= 11 is 12.0. The molecule has 1 N–H and O–H groups in total. The van der Waals surface area contributed by atoms with Gasteiger partial charge in [0.25, 0.3) is 0 Å². The fourth-order valence-electron chi connectivity index (χ4n) is 1.58. The van der Waals surface area contributed by atoms with E-state index < -0.39 is 5.97 Å². The van der Waals surface area contributed by atoms with Gasteiger partial charge in [-0.1, -0.05) is 35.3 Å². The Labute approximate surface area is 120 Å². The van der Waals surface area contributed by atoms with Crippen molar-refractivity contribution in [3.05, 3.63) is 57.6 Å². The van der Waals surface area contributed by atoms with E-state index in [1.165, 1.54) is 6.07 Å². The van der Waals surface area contributed by atoms with Gasteiger partial charge in [0, 0.05) is 0 Å². The molecule has 98 valence electrons. The van der Waals surface area contributed by atoms with Crippen molar-refractivity contribution in [2.24, 2.45) is 0 Å². The van der Waals surface area contributed by atoms with E-state index in [9.17, 15) is 4.79 Å². The number of aryl methyl sites for hydroxylation is 1. The van der Waals surface area contributed by atoms with Crippen LogP contribution >= 0.6 is 23.2 Å². The first-order valence-electron chi connectivity index (χ1n) is 5.45. The van der Waals surface area contributed by atoms with Crippen molar-refractivity contribution in [2.45, 2.75) is 6.92 Å². The van der Waals surface area contributed by atoms with Crippen LogP contribution in [0.2, 0.25) is 10.0 Å². The van der Waals surface area contributed by atoms with Crippen LogP contribution in [-0.4, -0.2) is 11.1 Å². The molecule has 0 saturated heterocycles. The van der Waals surface area contributed by atoms with Crippen molar-refractivity contribution in [1.82, 2.24) is 0 Å². The summed E-state index contributed by atoms with van der Waals surface area (Å²) in [6.45, 7) is 1.88. The molecule has 3 nitrogen and oxygen atoms in total. The number of para-hydroxylation sites is 1. The first-order valence-corrected chi connectivity index (χ1v) is 6.20. The van der Waals surface area contributed by atoms with Crippen molar-refractivity contribution in [1.29, 1.82) is 0 Å². The lowest BCUT2D eigenvalue weighted by Gasteiger charge is -2.12. The van der Waals surface area contributed by atoms with Crippen LogP contribution in [0.1, 0.15) is 15.9 Å². The van der Waals surface area contributed by atoms with Crippen molar-refractivity contribution in [2.75, 3.05) is 0 Å². The Hall–Kier alpha value is -1.71. The lowest BCUT2D eigenvalue weighted by Crippen LogP contribution is -2.00. The Bertz CT molecular complexity index is 639. The minimum Gasteiger partial charge on any atom is -0.478 e. The highest BCUT2D eigenvalue weighted by Gasteiger charge is 2.16. The number of hydrogen-bond acceptors (Lipinski definition) is 2. The first-order chi connectivity index (χ1) is 8.99. The summed E-state index contributed by atoms with van der Waals surface area (Å²) in [5.74, 6) is -0.650. The van der Waals surface area contributed by atoms with Crippen LogP contribution in [0.5, 0.6) is 11.5 Å². The minimum absolute atomic E-state index is 0.00919. The highest BCUT2D eigenvalue weighted by molar-refractivity contribution is 6.33. The van der Waals surface area contributed by atoms with E-state index in [0.29, 0.717) is 10.8 Å². The molecule has 0 aliphatic rings. The molecule has 0 atom stereocenters. The van der Waals surface area contributed by atoms with E-state index in [1.54, 1.807) is 24.3 Å². The Kier molecular flexibility index (Phi) is 3.98. The second-order valence-electron chi connectivity index (χ2n) is 3.96. The molecule has 0 bridgehead atoms. The van der Waals surface area contributed by atoms with E-state index in [4.69, 9.17) is 33.0 Å². The van der Waals surface area contributed by atoms with E-state index in [0.717, 1.165) is 5.56 Å². The summed E-state index contributed by atoms with van der Waals surface area (Å²) in [7, 11) is 0. The van der Waals surface area contributed by atoms with Crippen molar-refractivity contribution >= 4 is 29.2 Å². The Morgan fingerprint density at radius 1 is 1.16 bits per heavy atom. The number of hydrogen-bond donors (Lipinski definition) is 1. The smallest absolute Gasteiger partial charge is 0.339 e. The quantitative estimate of drug-likeness (QED) is 0.885. The van der Waals surface area contributed by atoms with Crippen LogP contribution in [0, 0.1) is 6.92 Å². The largest absolute Gasteiger partial charge is 0.478 e. The van der Waals surface area contributed by atoms with Crippen LogP contribution in [0.15, 0.2) is 36.4 Å². The number of benzene rings is 2. The number of carboxylic acids is 1. The summed E-state index contributed by atoms with van der Waals surface area (Å²) < 4.78 is 5.57. The monoisotopic (exact) mass is 296 g/mol. The molecule has 0 aromatic heterocycles. The van der Waals surface area contributed by atoms with Gasteiger partial charge in [-0.3, -0.25) is 0 Å². The van der Waals surface area contributed by atoms with E-state index in [2.05, 4.69) is 0 Å². The van der Waals surface area contributed by atoms with Gasteiger partial charge < -0.3 is 9.84 Å².